The van der Waals surface area contributed by atoms with Crippen molar-refractivity contribution in [1.82, 2.24) is 0 Å². The summed E-state index contributed by atoms with van der Waals surface area (Å²) in [7, 11) is -3.81. The van der Waals surface area contributed by atoms with E-state index in [-0.39, 0.29) is 9.80 Å². The molecule has 0 N–H and O–H groups in total. The highest BCUT2D eigenvalue weighted by molar-refractivity contribution is 7.95. The first-order chi connectivity index (χ1) is 12.6. The van der Waals surface area contributed by atoms with Crippen LogP contribution in [0.2, 0.25) is 0 Å². The van der Waals surface area contributed by atoms with Crippen LogP contribution in [0.3, 0.4) is 0 Å². The third-order valence-electron chi connectivity index (χ3n) is 3.90. The van der Waals surface area contributed by atoms with E-state index in [4.69, 9.17) is 4.74 Å². The predicted octanol–water partition coefficient (Wildman–Crippen LogP) is 4.98. The van der Waals surface area contributed by atoms with Gasteiger partial charge in [-0.15, -0.1) is 0 Å². The van der Waals surface area contributed by atoms with Crippen LogP contribution in [0.1, 0.15) is 38.2 Å². The summed E-state index contributed by atoms with van der Waals surface area (Å²) in [5, 5.41) is 9.30. The first-order valence-corrected chi connectivity index (χ1v) is 10.2. The average Bonchev–Trinajstić information content (AvgIpc) is 2.67. The Hall–Kier alpha value is -2.58. The topological polar surface area (TPSA) is 67.2 Å². The third kappa shape index (κ3) is 5.47. The minimum atomic E-state index is -3.81. The first kappa shape index (κ1) is 19.7. The van der Waals surface area contributed by atoms with Crippen molar-refractivity contribution < 1.29 is 13.2 Å². The van der Waals surface area contributed by atoms with E-state index in [9.17, 15) is 13.7 Å². The fourth-order valence-corrected chi connectivity index (χ4v) is 3.61. The molecule has 0 aromatic heterocycles. The van der Waals surface area contributed by atoms with Crippen LogP contribution in [0.5, 0.6) is 5.75 Å². The normalized spacial score (nSPS) is 11.8. The fourth-order valence-electron chi connectivity index (χ4n) is 2.43. The minimum Gasteiger partial charge on any atom is -0.494 e. The van der Waals surface area contributed by atoms with Gasteiger partial charge in [-0.3, -0.25) is 0 Å². The highest BCUT2D eigenvalue weighted by Crippen LogP contribution is 2.22. The van der Waals surface area contributed by atoms with Gasteiger partial charge in [0, 0.05) is 0 Å². The zero-order valence-electron chi connectivity index (χ0n) is 14.9. The molecule has 4 nitrogen and oxygen atoms in total. The molecular formula is C21H23NO3S. The Kier molecular flexibility index (Phi) is 7.43. The standard InChI is InChI=1S/C21H23NO3S/c1-2-3-4-8-15-25-19-13-11-18(12-14-19)16-21(17-22)26(23,24)20-9-6-5-7-10-20/h5-7,9-14,16H,2-4,8,15H2,1H3/b21-16-. The van der Waals surface area contributed by atoms with Gasteiger partial charge in [0.1, 0.15) is 16.7 Å². The van der Waals surface area contributed by atoms with Gasteiger partial charge in [0.05, 0.1) is 11.5 Å². The second kappa shape index (κ2) is 9.79. The molecule has 0 atom stereocenters. The number of rotatable bonds is 9. The van der Waals surface area contributed by atoms with Crippen molar-refractivity contribution in [1.29, 1.82) is 5.26 Å². The van der Waals surface area contributed by atoms with Crippen LogP contribution < -0.4 is 4.74 Å². The molecule has 2 rings (SSSR count). The van der Waals surface area contributed by atoms with Crippen molar-refractivity contribution >= 4 is 15.9 Å². The maximum Gasteiger partial charge on any atom is 0.216 e. The Morgan fingerprint density at radius 2 is 1.73 bits per heavy atom. The van der Waals surface area contributed by atoms with Crippen molar-refractivity contribution in [2.45, 2.75) is 37.5 Å². The molecule has 0 unspecified atom stereocenters. The van der Waals surface area contributed by atoms with E-state index >= 15 is 0 Å². The second-order valence-electron chi connectivity index (χ2n) is 5.92. The van der Waals surface area contributed by atoms with Crippen molar-refractivity contribution in [2.24, 2.45) is 0 Å². The Bertz CT molecular complexity index is 864. The molecule has 0 saturated heterocycles. The highest BCUT2D eigenvalue weighted by Gasteiger charge is 2.20. The van der Waals surface area contributed by atoms with Crippen LogP contribution in [0.15, 0.2) is 64.4 Å². The molecule has 2 aromatic carbocycles. The molecule has 0 aliphatic heterocycles. The molecule has 0 bridgehead atoms. The second-order valence-corrected chi connectivity index (χ2v) is 7.83. The number of nitriles is 1. The quantitative estimate of drug-likeness (QED) is 0.461. The van der Waals surface area contributed by atoms with Crippen LogP contribution >= 0.6 is 0 Å². The van der Waals surface area contributed by atoms with Crippen LogP contribution in [0, 0.1) is 11.3 Å². The van der Waals surface area contributed by atoms with E-state index in [2.05, 4.69) is 6.92 Å². The smallest absolute Gasteiger partial charge is 0.216 e. The van der Waals surface area contributed by atoms with Crippen LogP contribution in [0.4, 0.5) is 0 Å². The van der Waals surface area contributed by atoms with Crippen LogP contribution in [-0.2, 0) is 9.84 Å². The summed E-state index contributed by atoms with van der Waals surface area (Å²) in [4.78, 5) is -0.170. The van der Waals surface area contributed by atoms with Gasteiger partial charge in [-0.2, -0.15) is 5.26 Å². The van der Waals surface area contributed by atoms with E-state index < -0.39 is 9.84 Å². The molecule has 0 amide bonds. The molecule has 5 heteroatoms. The number of allylic oxidation sites excluding steroid dienone is 1. The lowest BCUT2D eigenvalue weighted by atomic mass is 10.2. The fraction of sp³-hybridized carbons (Fsp3) is 0.286. The third-order valence-corrected chi connectivity index (χ3v) is 5.58. The maximum absolute atomic E-state index is 12.5. The summed E-state index contributed by atoms with van der Waals surface area (Å²) < 4.78 is 30.8. The molecule has 0 spiro atoms. The molecule has 0 radical (unpaired) electrons. The maximum atomic E-state index is 12.5. The predicted molar refractivity (Wildman–Crippen MR) is 103 cm³/mol. The molecular weight excluding hydrogens is 346 g/mol. The van der Waals surface area contributed by atoms with E-state index in [1.54, 1.807) is 48.5 Å². The monoisotopic (exact) mass is 369 g/mol. The zero-order valence-corrected chi connectivity index (χ0v) is 15.7. The lowest BCUT2D eigenvalue weighted by Crippen LogP contribution is -2.03. The van der Waals surface area contributed by atoms with Gasteiger partial charge in [0.25, 0.3) is 0 Å². The molecule has 2 aromatic rings. The van der Waals surface area contributed by atoms with Gasteiger partial charge >= 0.3 is 0 Å². The molecule has 0 fully saturated rings. The number of nitrogens with zero attached hydrogens (tertiary/aromatic N) is 1. The Labute approximate surface area is 155 Å². The molecule has 0 heterocycles. The van der Waals surface area contributed by atoms with Crippen molar-refractivity contribution in [3.05, 3.63) is 65.1 Å². The minimum absolute atomic E-state index is 0.111. The summed E-state index contributed by atoms with van der Waals surface area (Å²) in [5.74, 6) is 0.739. The van der Waals surface area contributed by atoms with Gasteiger partial charge in [-0.05, 0) is 42.3 Å². The number of hydrogen-bond acceptors (Lipinski definition) is 4. The molecule has 0 aliphatic rings. The van der Waals surface area contributed by atoms with Crippen molar-refractivity contribution in [3.63, 3.8) is 0 Å². The van der Waals surface area contributed by atoms with E-state index in [1.165, 1.54) is 31.1 Å². The van der Waals surface area contributed by atoms with Gasteiger partial charge in [-0.25, -0.2) is 8.42 Å². The van der Waals surface area contributed by atoms with Gasteiger partial charge < -0.3 is 4.74 Å². The van der Waals surface area contributed by atoms with Gasteiger partial charge in [-0.1, -0.05) is 56.5 Å². The summed E-state index contributed by atoms with van der Waals surface area (Å²) in [6.45, 7) is 2.83. The number of ether oxygens (including phenoxy) is 1. The Morgan fingerprint density at radius 3 is 2.35 bits per heavy atom. The van der Waals surface area contributed by atoms with Crippen molar-refractivity contribution in [3.8, 4) is 11.8 Å². The zero-order chi connectivity index (χ0) is 18.8. The summed E-state index contributed by atoms with van der Waals surface area (Å²) in [5.41, 5.74) is 0.638. The molecule has 0 saturated carbocycles. The lowest BCUT2D eigenvalue weighted by molar-refractivity contribution is 0.305. The SMILES string of the molecule is CCCCCCOc1ccc(/C=C(/C#N)S(=O)(=O)c2ccccc2)cc1. The van der Waals surface area contributed by atoms with Crippen LogP contribution in [0.25, 0.3) is 6.08 Å². The number of benzene rings is 2. The molecule has 136 valence electrons. The number of hydrogen-bond donors (Lipinski definition) is 0. The number of sulfone groups is 1. The Balaban J connectivity index is 2.09. The van der Waals surface area contributed by atoms with Crippen molar-refractivity contribution in [2.75, 3.05) is 6.61 Å². The summed E-state index contributed by atoms with van der Waals surface area (Å²) >= 11 is 0. The lowest BCUT2D eigenvalue weighted by Gasteiger charge is -2.06. The largest absolute Gasteiger partial charge is 0.494 e. The summed E-state index contributed by atoms with van der Waals surface area (Å²) in [6, 6.07) is 16.8. The highest BCUT2D eigenvalue weighted by atomic mass is 32.2. The van der Waals surface area contributed by atoms with Gasteiger partial charge in [0.15, 0.2) is 0 Å². The molecule has 0 aliphatic carbocycles. The van der Waals surface area contributed by atoms with Crippen LogP contribution in [-0.4, -0.2) is 15.0 Å². The van der Waals surface area contributed by atoms with E-state index in [0.717, 1.165) is 18.6 Å². The summed E-state index contributed by atoms with van der Waals surface area (Å²) in [6.07, 6.45) is 5.95. The average molecular weight is 369 g/mol. The molecule has 26 heavy (non-hydrogen) atoms. The first-order valence-electron chi connectivity index (χ1n) is 8.72. The number of unbranched alkanes of at least 4 members (excludes halogenated alkanes) is 3. The van der Waals surface area contributed by atoms with Gasteiger partial charge in [0.2, 0.25) is 9.84 Å². The van der Waals surface area contributed by atoms with E-state index in [1.807, 2.05) is 0 Å². The Morgan fingerprint density at radius 1 is 1.04 bits per heavy atom. The van der Waals surface area contributed by atoms with E-state index in [0.29, 0.717) is 12.2 Å².